The van der Waals surface area contributed by atoms with Crippen LogP contribution in [0.4, 0.5) is 5.13 Å². The summed E-state index contributed by atoms with van der Waals surface area (Å²) < 4.78 is 7.46. The van der Waals surface area contributed by atoms with Crippen molar-refractivity contribution in [3.05, 3.63) is 45.7 Å². The Kier molecular flexibility index (Phi) is 7.52. The summed E-state index contributed by atoms with van der Waals surface area (Å²) >= 11 is 8.27. The second kappa shape index (κ2) is 10.1. The van der Waals surface area contributed by atoms with Crippen LogP contribution in [-0.2, 0) is 18.4 Å². The second-order valence-corrected chi connectivity index (χ2v) is 9.05. The van der Waals surface area contributed by atoms with Gasteiger partial charge in [0.15, 0.2) is 16.1 Å². The van der Waals surface area contributed by atoms with Crippen LogP contribution in [0.2, 0.25) is 5.02 Å². The van der Waals surface area contributed by atoms with E-state index in [0.29, 0.717) is 37.5 Å². The third-order valence-corrected chi connectivity index (χ3v) is 6.42. The van der Waals surface area contributed by atoms with Gasteiger partial charge in [0.1, 0.15) is 17.2 Å². The number of halogens is 1. The molecule has 0 aliphatic carbocycles. The fourth-order valence-corrected chi connectivity index (χ4v) is 4.27. The molecule has 3 rings (SSSR count). The number of hydrogen-bond acceptors (Lipinski definition) is 8. The summed E-state index contributed by atoms with van der Waals surface area (Å²) in [6.07, 6.45) is 0. The Hall–Kier alpha value is -2.63. The van der Waals surface area contributed by atoms with Crippen LogP contribution in [-0.4, -0.2) is 56.3 Å². The van der Waals surface area contributed by atoms with Gasteiger partial charge in [0.25, 0.3) is 5.91 Å². The van der Waals surface area contributed by atoms with Crippen molar-refractivity contribution < 1.29 is 14.3 Å². The van der Waals surface area contributed by atoms with Crippen molar-refractivity contribution in [1.29, 1.82) is 0 Å². The lowest BCUT2D eigenvalue weighted by atomic mass is 10.3. The molecule has 2 amide bonds. The Morgan fingerprint density at radius 2 is 1.97 bits per heavy atom. The van der Waals surface area contributed by atoms with Gasteiger partial charge in [0.2, 0.25) is 5.91 Å². The van der Waals surface area contributed by atoms with Crippen LogP contribution in [0.15, 0.2) is 29.4 Å². The number of aromatic nitrogens is 4. The molecular weight excluding hydrogens is 460 g/mol. The van der Waals surface area contributed by atoms with Gasteiger partial charge in [-0.15, -0.1) is 10.2 Å². The van der Waals surface area contributed by atoms with E-state index in [9.17, 15) is 9.59 Å². The number of aryl methyl sites for hydroxylation is 1. The molecular formula is C19H21ClN6O3S2. The molecule has 2 aromatic heterocycles. The number of thiazole rings is 1. The smallest absolute Gasteiger partial charge is 0.265 e. The highest BCUT2D eigenvalue weighted by atomic mass is 35.5. The third-order valence-electron chi connectivity index (χ3n) is 4.08. The van der Waals surface area contributed by atoms with Crippen molar-refractivity contribution in [3.8, 4) is 5.75 Å². The van der Waals surface area contributed by atoms with Crippen LogP contribution in [0, 0.1) is 6.92 Å². The average Bonchev–Trinajstić information content (AvgIpc) is 3.27. The molecule has 0 saturated carbocycles. The number of nitrogens with zero attached hydrogens (tertiary/aromatic N) is 5. The zero-order chi connectivity index (χ0) is 22.5. The minimum absolute atomic E-state index is 0.125. The van der Waals surface area contributed by atoms with Crippen molar-refractivity contribution in [3.63, 3.8) is 0 Å². The Morgan fingerprint density at radius 3 is 2.65 bits per heavy atom. The molecule has 0 atom stereocenters. The van der Waals surface area contributed by atoms with Crippen molar-refractivity contribution in [1.82, 2.24) is 24.6 Å². The molecule has 0 aliphatic rings. The number of nitrogens with one attached hydrogen (secondary N) is 1. The van der Waals surface area contributed by atoms with Crippen molar-refractivity contribution in [2.75, 3.05) is 25.2 Å². The largest absolute Gasteiger partial charge is 0.486 e. The van der Waals surface area contributed by atoms with Crippen molar-refractivity contribution in [2.45, 2.75) is 18.7 Å². The van der Waals surface area contributed by atoms with Crippen LogP contribution in [0.25, 0.3) is 0 Å². The summed E-state index contributed by atoms with van der Waals surface area (Å²) in [4.78, 5) is 30.7. The lowest BCUT2D eigenvalue weighted by Gasteiger charge is -2.07. The van der Waals surface area contributed by atoms with E-state index < -0.39 is 0 Å². The Morgan fingerprint density at radius 1 is 1.26 bits per heavy atom. The maximum Gasteiger partial charge on any atom is 0.265 e. The molecule has 12 heteroatoms. The number of ether oxygens (including phenoxy) is 1. The number of thioether (sulfide) groups is 1. The first-order chi connectivity index (χ1) is 14.7. The average molecular weight is 481 g/mol. The summed E-state index contributed by atoms with van der Waals surface area (Å²) in [7, 11) is 5.15. The van der Waals surface area contributed by atoms with Crippen LogP contribution in [0.1, 0.15) is 21.2 Å². The highest BCUT2D eigenvalue weighted by Gasteiger charge is 2.18. The van der Waals surface area contributed by atoms with Gasteiger partial charge in [-0.2, -0.15) is 0 Å². The molecule has 2 heterocycles. The predicted octanol–water partition coefficient (Wildman–Crippen LogP) is 3.25. The molecule has 1 N–H and O–H groups in total. The topological polar surface area (TPSA) is 102 Å². The first-order valence-corrected chi connectivity index (χ1v) is 11.3. The zero-order valence-electron chi connectivity index (χ0n) is 17.4. The molecule has 0 aliphatic heterocycles. The lowest BCUT2D eigenvalue weighted by molar-refractivity contribution is -0.113. The zero-order valence-corrected chi connectivity index (χ0v) is 19.8. The number of carbonyl (C=O) groups is 2. The van der Waals surface area contributed by atoms with Gasteiger partial charge in [-0.1, -0.05) is 34.7 Å². The molecule has 164 valence electrons. The van der Waals surface area contributed by atoms with Gasteiger partial charge in [-0.05, 0) is 31.2 Å². The summed E-state index contributed by atoms with van der Waals surface area (Å²) in [5, 5.41) is 12.6. The molecule has 0 saturated heterocycles. The van der Waals surface area contributed by atoms with E-state index in [0.717, 1.165) is 11.3 Å². The SMILES string of the molecule is Cc1nc(NC(=O)CSc2nnc(COc3ccc(Cl)cc3)n2C)sc1C(=O)N(C)C. The van der Waals surface area contributed by atoms with Crippen molar-refractivity contribution in [2.24, 2.45) is 7.05 Å². The van der Waals surface area contributed by atoms with Gasteiger partial charge in [0.05, 0.1) is 11.4 Å². The molecule has 9 nitrogen and oxygen atoms in total. The highest BCUT2D eigenvalue weighted by Crippen LogP contribution is 2.24. The predicted molar refractivity (Wildman–Crippen MR) is 121 cm³/mol. The molecule has 0 fully saturated rings. The fraction of sp³-hybridized carbons (Fsp3) is 0.316. The Bertz CT molecular complexity index is 1080. The maximum absolute atomic E-state index is 12.3. The number of hydrogen-bond donors (Lipinski definition) is 1. The highest BCUT2D eigenvalue weighted by molar-refractivity contribution is 7.99. The molecule has 0 radical (unpaired) electrons. The van der Waals surface area contributed by atoms with E-state index in [-0.39, 0.29) is 24.2 Å². The number of amides is 2. The van der Waals surface area contributed by atoms with E-state index in [1.165, 1.54) is 16.7 Å². The van der Waals surface area contributed by atoms with E-state index in [2.05, 4.69) is 20.5 Å². The van der Waals surface area contributed by atoms with E-state index in [1.807, 2.05) is 7.05 Å². The van der Waals surface area contributed by atoms with Crippen molar-refractivity contribution >= 4 is 51.6 Å². The Labute approximate surface area is 192 Å². The van der Waals surface area contributed by atoms with E-state index in [1.54, 1.807) is 49.9 Å². The second-order valence-electron chi connectivity index (χ2n) is 6.67. The van der Waals surface area contributed by atoms with Crippen LogP contribution >= 0.6 is 34.7 Å². The van der Waals surface area contributed by atoms with E-state index >= 15 is 0 Å². The first-order valence-electron chi connectivity index (χ1n) is 9.13. The summed E-state index contributed by atoms with van der Waals surface area (Å²) in [6, 6.07) is 7.04. The molecule has 0 spiro atoms. The standard InChI is InChI=1S/C19H21ClN6O3S2/c1-11-16(17(28)25(2)3)31-18(21-11)22-15(27)10-30-19-24-23-14(26(19)4)9-29-13-7-5-12(20)6-8-13/h5-8H,9-10H2,1-4H3,(H,21,22,27). The number of anilines is 1. The minimum atomic E-state index is -0.246. The van der Waals surface area contributed by atoms with Gasteiger partial charge >= 0.3 is 0 Å². The normalized spacial score (nSPS) is 10.7. The van der Waals surface area contributed by atoms with Gasteiger partial charge in [-0.25, -0.2) is 4.98 Å². The molecule has 31 heavy (non-hydrogen) atoms. The maximum atomic E-state index is 12.3. The lowest BCUT2D eigenvalue weighted by Crippen LogP contribution is -2.21. The summed E-state index contributed by atoms with van der Waals surface area (Å²) in [5.41, 5.74) is 0.588. The first kappa shape index (κ1) is 23.0. The molecule has 3 aromatic rings. The molecule has 1 aromatic carbocycles. The number of benzene rings is 1. The number of carbonyl (C=O) groups excluding carboxylic acids is 2. The summed E-state index contributed by atoms with van der Waals surface area (Å²) in [5.74, 6) is 1.04. The van der Waals surface area contributed by atoms with Gasteiger partial charge < -0.3 is 19.5 Å². The van der Waals surface area contributed by atoms with Crippen LogP contribution in [0.5, 0.6) is 5.75 Å². The Balaban J connectivity index is 1.53. The molecule has 0 unspecified atom stereocenters. The van der Waals surface area contributed by atoms with Crippen LogP contribution < -0.4 is 10.1 Å². The fourth-order valence-electron chi connectivity index (χ4n) is 2.41. The minimum Gasteiger partial charge on any atom is -0.486 e. The van der Waals surface area contributed by atoms with Crippen LogP contribution in [0.3, 0.4) is 0 Å². The van der Waals surface area contributed by atoms with E-state index in [4.69, 9.17) is 16.3 Å². The number of rotatable bonds is 8. The van der Waals surface area contributed by atoms with Gasteiger partial charge in [-0.3, -0.25) is 9.59 Å². The molecule has 0 bridgehead atoms. The monoisotopic (exact) mass is 480 g/mol. The summed E-state index contributed by atoms with van der Waals surface area (Å²) in [6.45, 7) is 1.98. The third kappa shape index (κ3) is 5.96. The quantitative estimate of drug-likeness (QED) is 0.493. The van der Waals surface area contributed by atoms with Gasteiger partial charge in [0, 0.05) is 26.2 Å².